The maximum Gasteiger partial charge on any atom is 0.142 e. The molecule has 0 amide bonds. The molecule has 6 nitrogen and oxygen atoms in total. The topological polar surface area (TPSA) is 77.1 Å². The lowest BCUT2D eigenvalue weighted by molar-refractivity contribution is 0.345. The van der Waals surface area contributed by atoms with Crippen molar-refractivity contribution in [2.45, 2.75) is 6.92 Å². The van der Waals surface area contributed by atoms with Gasteiger partial charge in [-0.05, 0) is 23.6 Å². The summed E-state index contributed by atoms with van der Waals surface area (Å²) in [7, 11) is 0.750. The summed E-state index contributed by atoms with van der Waals surface area (Å²) in [5, 5.41) is 1.89. The maximum absolute atomic E-state index is 11.8. The van der Waals surface area contributed by atoms with Crippen LogP contribution < -0.4 is 9.47 Å². The number of hydrogen-bond acceptors (Lipinski definition) is 5. The second kappa shape index (κ2) is 7.98. The van der Waals surface area contributed by atoms with E-state index in [4.69, 9.17) is 9.47 Å². The quantitative estimate of drug-likeness (QED) is 0.513. The Hall–Kier alpha value is -2.93. The monoisotopic (exact) mass is 395 g/mol. The Morgan fingerprint density at radius 3 is 2.86 bits per heavy atom. The van der Waals surface area contributed by atoms with E-state index in [1.54, 1.807) is 19.5 Å². The number of rotatable bonds is 7. The third-order valence-corrected chi connectivity index (χ3v) is 5.86. The first kappa shape index (κ1) is 18.4. The summed E-state index contributed by atoms with van der Waals surface area (Å²) >= 11 is 0. The first-order valence-corrected chi connectivity index (χ1v) is 10.6. The van der Waals surface area contributed by atoms with Crippen LogP contribution >= 0.6 is 0 Å². The fourth-order valence-electron chi connectivity index (χ4n) is 3.19. The summed E-state index contributed by atoms with van der Waals surface area (Å²) < 4.78 is 23.6. The van der Waals surface area contributed by atoms with Gasteiger partial charge in [0.25, 0.3) is 0 Å². The van der Waals surface area contributed by atoms with Crippen LogP contribution in [-0.2, 0) is 10.8 Å². The van der Waals surface area contributed by atoms with Crippen LogP contribution in [0.2, 0.25) is 0 Å². The number of nitrogens with zero attached hydrogens (tertiary/aromatic N) is 2. The second-order valence-electron chi connectivity index (χ2n) is 6.26. The molecule has 0 aliphatic heterocycles. The molecule has 2 heterocycles. The highest BCUT2D eigenvalue weighted by Crippen LogP contribution is 2.41. The molecule has 0 aliphatic carbocycles. The fourth-order valence-corrected chi connectivity index (χ4v) is 3.74. The molecule has 1 N–H and O–H groups in total. The van der Waals surface area contributed by atoms with Gasteiger partial charge in [-0.15, -0.1) is 0 Å². The van der Waals surface area contributed by atoms with Crippen molar-refractivity contribution in [2.24, 2.45) is 0 Å². The molecule has 0 radical (unpaired) electrons. The van der Waals surface area contributed by atoms with E-state index in [1.807, 2.05) is 43.3 Å². The SMILES string of the molecule is CCS(=O)CCOc1c(-c2nc3ccncc3[nH]2)ccc2cccc(OC)c12. The highest BCUT2D eigenvalue weighted by atomic mass is 32.2. The van der Waals surface area contributed by atoms with Crippen molar-refractivity contribution in [3.63, 3.8) is 0 Å². The van der Waals surface area contributed by atoms with Crippen molar-refractivity contribution in [1.29, 1.82) is 0 Å². The minimum Gasteiger partial charge on any atom is -0.496 e. The van der Waals surface area contributed by atoms with E-state index in [0.29, 0.717) is 29.7 Å². The zero-order valence-corrected chi connectivity index (χ0v) is 16.6. The minimum atomic E-state index is -0.893. The molecule has 2 aromatic heterocycles. The van der Waals surface area contributed by atoms with Crippen LogP contribution in [0, 0.1) is 0 Å². The van der Waals surface area contributed by atoms with Gasteiger partial charge in [-0.25, -0.2) is 4.98 Å². The molecule has 1 unspecified atom stereocenters. The summed E-state index contributed by atoms with van der Waals surface area (Å²) in [6, 6.07) is 11.7. The number of ether oxygens (including phenoxy) is 2. The second-order valence-corrected chi connectivity index (χ2v) is 8.13. The summed E-state index contributed by atoms with van der Waals surface area (Å²) in [6.45, 7) is 2.26. The Kier molecular flexibility index (Phi) is 5.25. The van der Waals surface area contributed by atoms with Gasteiger partial charge >= 0.3 is 0 Å². The maximum atomic E-state index is 11.8. The number of imidazole rings is 1. The Morgan fingerprint density at radius 1 is 1.18 bits per heavy atom. The summed E-state index contributed by atoms with van der Waals surface area (Å²) in [6.07, 6.45) is 3.46. The number of hydrogen-bond donors (Lipinski definition) is 1. The standard InChI is InChI=1S/C21H21N3O3S/c1-3-28(25)12-11-27-20-15(21-23-16-9-10-22-13-17(16)24-21)8-7-14-5-4-6-18(26-2)19(14)20/h4-10,13H,3,11-12H2,1-2H3,(H,23,24). The molecule has 4 aromatic rings. The van der Waals surface area contributed by atoms with Crippen LogP contribution in [0.15, 0.2) is 48.8 Å². The number of aromatic amines is 1. The molecule has 0 spiro atoms. The minimum absolute atomic E-state index is 0.354. The van der Waals surface area contributed by atoms with Gasteiger partial charge in [-0.2, -0.15) is 0 Å². The molecule has 28 heavy (non-hydrogen) atoms. The Morgan fingerprint density at radius 2 is 2.07 bits per heavy atom. The van der Waals surface area contributed by atoms with Crippen LogP contribution in [0.3, 0.4) is 0 Å². The van der Waals surface area contributed by atoms with Gasteiger partial charge in [0.15, 0.2) is 0 Å². The molecular formula is C21H21N3O3S. The van der Waals surface area contributed by atoms with Gasteiger partial charge < -0.3 is 14.5 Å². The fraction of sp³-hybridized carbons (Fsp3) is 0.238. The van der Waals surface area contributed by atoms with E-state index in [9.17, 15) is 4.21 Å². The average molecular weight is 395 g/mol. The molecule has 144 valence electrons. The van der Waals surface area contributed by atoms with E-state index >= 15 is 0 Å². The Bertz CT molecular complexity index is 1120. The van der Waals surface area contributed by atoms with E-state index < -0.39 is 10.8 Å². The van der Waals surface area contributed by atoms with Crippen molar-refractivity contribution >= 4 is 32.6 Å². The largest absolute Gasteiger partial charge is 0.496 e. The molecule has 1 atom stereocenters. The number of fused-ring (bicyclic) bond motifs is 2. The van der Waals surface area contributed by atoms with E-state index in [-0.39, 0.29) is 0 Å². The number of benzene rings is 2. The van der Waals surface area contributed by atoms with Gasteiger partial charge in [0.05, 0.1) is 47.6 Å². The van der Waals surface area contributed by atoms with Crippen molar-refractivity contribution in [3.8, 4) is 22.9 Å². The van der Waals surface area contributed by atoms with Crippen LogP contribution in [0.4, 0.5) is 0 Å². The normalized spacial score (nSPS) is 12.4. The molecule has 0 saturated heterocycles. The van der Waals surface area contributed by atoms with Gasteiger partial charge in [0.1, 0.15) is 17.3 Å². The average Bonchev–Trinajstić information content (AvgIpc) is 3.17. The van der Waals surface area contributed by atoms with E-state index in [0.717, 1.165) is 33.1 Å². The molecule has 0 aliphatic rings. The molecular weight excluding hydrogens is 374 g/mol. The molecule has 0 fully saturated rings. The Balaban J connectivity index is 1.86. The van der Waals surface area contributed by atoms with Crippen molar-refractivity contribution in [2.75, 3.05) is 25.2 Å². The molecule has 4 rings (SSSR count). The number of H-pyrrole nitrogens is 1. The summed E-state index contributed by atoms with van der Waals surface area (Å²) in [4.78, 5) is 12.1. The number of aromatic nitrogens is 3. The number of pyridine rings is 1. The van der Waals surface area contributed by atoms with Crippen LogP contribution in [0.5, 0.6) is 11.5 Å². The van der Waals surface area contributed by atoms with Crippen molar-refractivity contribution < 1.29 is 13.7 Å². The zero-order chi connectivity index (χ0) is 19.5. The first-order chi connectivity index (χ1) is 13.7. The van der Waals surface area contributed by atoms with Gasteiger partial charge in [-0.3, -0.25) is 9.19 Å². The lowest BCUT2D eigenvalue weighted by Crippen LogP contribution is -2.10. The van der Waals surface area contributed by atoms with Gasteiger partial charge in [0, 0.05) is 22.7 Å². The zero-order valence-electron chi connectivity index (χ0n) is 15.8. The summed E-state index contributed by atoms with van der Waals surface area (Å²) in [5.74, 6) is 3.19. The van der Waals surface area contributed by atoms with Crippen molar-refractivity contribution in [1.82, 2.24) is 15.0 Å². The van der Waals surface area contributed by atoms with E-state index in [1.165, 1.54) is 0 Å². The van der Waals surface area contributed by atoms with Gasteiger partial charge in [-0.1, -0.05) is 25.1 Å². The predicted octanol–water partition coefficient (Wildman–Crippen LogP) is 3.93. The van der Waals surface area contributed by atoms with Crippen LogP contribution in [0.25, 0.3) is 33.2 Å². The smallest absolute Gasteiger partial charge is 0.142 e. The van der Waals surface area contributed by atoms with Crippen LogP contribution in [-0.4, -0.2) is 44.4 Å². The van der Waals surface area contributed by atoms with Crippen molar-refractivity contribution in [3.05, 3.63) is 48.8 Å². The number of nitrogens with one attached hydrogen (secondary N) is 1. The van der Waals surface area contributed by atoms with Crippen LogP contribution in [0.1, 0.15) is 6.92 Å². The molecule has 2 aromatic carbocycles. The number of methoxy groups -OCH3 is 1. The Labute approximate surface area is 165 Å². The molecule has 0 bridgehead atoms. The third-order valence-electron chi connectivity index (χ3n) is 4.60. The third kappa shape index (κ3) is 3.45. The highest BCUT2D eigenvalue weighted by molar-refractivity contribution is 7.84. The molecule has 0 saturated carbocycles. The van der Waals surface area contributed by atoms with E-state index in [2.05, 4.69) is 15.0 Å². The molecule has 7 heteroatoms. The lowest BCUT2D eigenvalue weighted by Gasteiger charge is -2.15. The predicted molar refractivity (Wildman–Crippen MR) is 112 cm³/mol. The lowest BCUT2D eigenvalue weighted by atomic mass is 10.0. The van der Waals surface area contributed by atoms with Gasteiger partial charge in [0.2, 0.25) is 0 Å². The highest BCUT2D eigenvalue weighted by Gasteiger charge is 2.17. The summed E-state index contributed by atoms with van der Waals surface area (Å²) in [5.41, 5.74) is 2.52. The first-order valence-electron chi connectivity index (χ1n) is 9.09.